The molecule has 6 heteroatoms. The number of aliphatic hydroxyl groups is 1. The molecule has 2 atom stereocenters. The summed E-state index contributed by atoms with van der Waals surface area (Å²) in [6, 6.07) is 24.0. The van der Waals surface area contributed by atoms with Gasteiger partial charge in [0.1, 0.15) is 18.5 Å². The first-order valence-corrected chi connectivity index (χ1v) is 10.8. The van der Waals surface area contributed by atoms with Crippen molar-refractivity contribution >= 4 is 11.0 Å². The van der Waals surface area contributed by atoms with Crippen molar-refractivity contribution in [1.82, 2.24) is 14.5 Å². The van der Waals surface area contributed by atoms with E-state index in [1.165, 1.54) is 5.56 Å². The second-order valence-corrected chi connectivity index (χ2v) is 8.13. The van der Waals surface area contributed by atoms with Crippen molar-refractivity contribution in [2.24, 2.45) is 14.1 Å². The predicted molar refractivity (Wildman–Crippen MR) is 127 cm³/mol. The topological polar surface area (TPSA) is 68.4 Å². The minimum atomic E-state index is -0.789. The molecule has 2 N–H and O–H groups in total. The van der Waals surface area contributed by atoms with Crippen molar-refractivity contribution in [1.29, 1.82) is 0 Å². The lowest BCUT2D eigenvalue weighted by atomic mass is 10.1. The Hall–Kier alpha value is -3.35. The summed E-state index contributed by atoms with van der Waals surface area (Å²) >= 11 is 0. The molecular formula is C26H29N3O3. The van der Waals surface area contributed by atoms with Gasteiger partial charge in [0.2, 0.25) is 0 Å². The first-order valence-electron chi connectivity index (χ1n) is 10.8. The number of ether oxygens (including phenoxy) is 1. The highest BCUT2D eigenvalue weighted by molar-refractivity contribution is 5.77. The van der Waals surface area contributed by atoms with Gasteiger partial charge in [-0.1, -0.05) is 48.5 Å². The average Bonchev–Trinajstić information content (AvgIpc) is 3.05. The fourth-order valence-corrected chi connectivity index (χ4v) is 3.84. The third-order valence-electron chi connectivity index (χ3n) is 5.92. The monoisotopic (exact) mass is 431 g/mol. The molecule has 0 spiro atoms. The Morgan fingerprint density at radius 2 is 1.59 bits per heavy atom. The first-order chi connectivity index (χ1) is 15.4. The van der Waals surface area contributed by atoms with Gasteiger partial charge in [0.25, 0.3) is 0 Å². The number of fused-ring (bicyclic) bond motifs is 1. The molecular weight excluding hydrogens is 402 g/mol. The van der Waals surface area contributed by atoms with Crippen LogP contribution in [0.2, 0.25) is 0 Å². The maximum Gasteiger partial charge on any atom is 0.328 e. The van der Waals surface area contributed by atoms with Crippen LogP contribution in [0.15, 0.2) is 77.6 Å². The minimum absolute atomic E-state index is 0.0874. The summed E-state index contributed by atoms with van der Waals surface area (Å²) in [5.41, 5.74) is 4.67. The van der Waals surface area contributed by atoms with Crippen LogP contribution in [0.3, 0.4) is 0 Å². The standard InChI is InChI=1S/C26H29N3O3/c1-18(20-7-5-4-6-8-20)27-16-19-9-12-22(13-10-19)32-17-25(30)21-11-14-23-24(15-21)29(3)26(31)28(23)2/h4-15,18,25,27,30H,16-17H2,1-3H3/t18-,25-/m0/s1. The van der Waals surface area contributed by atoms with E-state index >= 15 is 0 Å². The Kier molecular flexibility index (Phi) is 6.44. The van der Waals surface area contributed by atoms with E-state index in [1.54, 1.807) is 23.2 Å². The molecule has 0 aliphatic carbocycles. The number of benzene rings is 3. The lowest BCUT2D eigenvalue weighted by Gasteiger charge is -2.15. The van der Waals surface area contributed by atoms with Crippen LogP contribution in [0.5, 0.6) is 5.75 Å². The van der Waals surface area contributed by atoms with E-state index in [4.69, 9.17) is 4.74 Å². The van der Waals surface area contributed by atoms with E-state index in [0.717, 1.165) is 28.7 Å². The van der Waals surface area contributed by atoms with Crippen molar-refractivity contribution in [3.05, 3.63) is 100.0 Å². The molecule has 0 saturated heterocycles. The van der Waals surface area contributed by atoms with Crippen LogP contribution < -0.4 is 15.7 Å². The lowest BCUT2D eigenvalue weighted by Crippen LogP contribution is -2.19. The van der Waals surface area contributed by atoms with Crippen LogP contribution in [0.4, 0.5) is 0 Å². The molecule has 0 bridgehead atoms. The van der Waals surface area contributed by atoms with Gasteiger partial charge in [0.05, 0.1) is 11.0 Å². The number of imidazole rings is 1. The molecule has 0 aliphatic rings. The van der Waals surface area contributed by atoms with Crippen LogP contribution in [0.25, 0.3) is 11.0 Å². The van der Waals surface area contributed by atoms with Gasteiger partial charge in [-0.15, -0.1) is 0 Å². The first kappa shape index (κ1) is 21.9. The van der Waals surface area contributed by atoms with Crippen LogP contribution in [-0.2, 0) is 20.6 Å². The summed E-state index contributed by atoms with van der Waals surface area (Å²) < 4.78 is 8.98. The molecule has 0 radical (unpaired) electrons. The smallest absolute Gasteiger partial charge is 0.328 e. The number of hydrogen-bond acceptors (Lipinski definition) is 4. The number of nitrogens with one attached hydrogen (secondary N) is 1. The van der Waals surface area contributed by atoms with Crippen molar-refractivity contribution in [2.75, 3.05) is 6.61 Å². The maximum atomic E-state index is 12.1. The molecule has 4 aromatic rings. The van der Waals surface area contributed by atoms with Crippen molar-refractivity contribution in [3.63, 3.8) is 0 Å². The second kappa shape index (κ2) is 9.42. The molecule has 32 heavy (non-hydrogen) atoms. The molecule has 1 heterocycles. The molecule has 0 saturated carbocycles. The Morgan fingerprint density at radius 1 is 0.906 bits per heavy atom. The molecule has 4 rings (SSSR count). The van der Waals surface area contributed by atoms with Crippen molar-refractivity contribution in [3.8, 4) is 5.75 Å². The molecule has 0 fully saturated rings. The molecule has 1 aromatic heterocycles. The average molecular weight is 432 g/mol. The van der Waals surface area contributed by atoms with Crippen molar-refractivity contribution < 1.29 is 9.84 Å². The summed E-state index contributed by atoms with van der Waals surface area (Å²) in [6.07, 6.45) is -0.789. The Labute approximate surface area is 187 Å². The molecule has 3 aromatic carbocycles. The number of aryl methyl sites for hydroxylation is 2. The van der Waals surface area contributed by atoms with E-state index in [9.17, 15) is 9.90 Å². The molecule has 6 nitrogen and oxygen atoms in total. The lowest BCUT2D eigenvalue weighted by molar-refractivity contribution is 0.108. The van der Waals surface area contributed by atoms with Gasteiger partial charge in [-0.2, -0.15) is 0 Å². The summed E-state index contributed by atoms with van der Waals surface area (Å²) in [7, 11) is 3.47. The third kappa shape index (κ3) is 4.61. The molecule has 0 aliphatic heterocycles. The van der Waals surface area contributed by atoms with Crippen LogP contribution in [0.1, 0.15) is 35.8 Å². The zero-order valence-corrected chi connectivity index (χ0v) is 18.7. The van der Waals surface area contributed by atoms with Gasteiger partial charge in [-0.3, -0.25) is 9.13 Å². The third-order valence-corrected chi connectivity index (χ3v) is 5.92. The van der Waals surface area contributed by atoms with E-state index in [0.29, 0.717) is 5.75 Å². The zero-order valence-electron chi connectivity index (χ0n) is 18.7. The number of aromatic nitrogens is 2. The van der Waals surface area contributed by atoms with Crippen LogP contribution >= 0.6 is 0 Å². The highest BCUT2D eigenvalue weighted by Crippen LogP contribution is 2.21. The molecule has 0 unspecified atom stereocenters. The summed E-state index contributed by atoms with van der Waals surface area (Å²) in [5, 5.41) is 14.1. The van der Waals surface area contributed by atoms with Crippen LogP contribution in [0, 0.1) is 0 Å². The van der Waals surface area contributed by atoms with Crippen molar-refractivity contribution in [2.45, 2.75) is 25.6 Å². The number of nitrogens with zero attached hydrogens (tertiary/aromatic N) is 2. The number of hydrogen-bond donors (Lipinski definition) is 2. The van der Waals surface area contributed by atoms with E-state index in [1.807, 2.05) is 60.7 Å². The minimum Gasteiger partial charge on any atom is -0.491 e. The normalized spacial score (nSPS) is 13.2. The zero-order chi connectivity index (χ0) is 22.7. The Morgan fingerprint density at radius 3 is 2.31 bits per heavy atom. The summed E-state index contributed by atoms with van der Waals surface area (Å²) in [5.74, 6) is 0.706. The predicted octanol–water partition coefficient (Wildman–Crippen LogP) is 3.84. The fourth-order valence-electron chi connectivity index (χ4n) is 3.84. The van der Waals surface area contributed by atoms with Gasteiger partial charge >= 0.3 is 5.69 Å². The largest absolute Gasteiger partial charge is 0.491 e. The van der Waals surface area contributed by atoms with Gasteiger partial charge in [-0.05, 0) is 47.9 Å². The van der Waals surface area contributed by atoms with Crippen LogP contribution in [-0.4, -0.2) is 20.8 Å². The highest BCUT2D eigenvalue weighted by Gasteiger charge is 2.13. The summed E-state index contributed by atoms with van der Waals surface area (Å²) in [6.45, 7) is 3.04. The quantitative estimate of drug-likeness (QED) is 0.445. The van der Waals surface area contributed by atoms with Gasteiger partial charge < -0.3 is 15.2 Å². The van der Waals surface area contributed by atoms with E-state index < -0.39 is 6.10 Å². The SMILES string of the molecule is C[C@H](NCc1ccc(OC[C@H](O)c2ccc3c(c2)n(C)c(=O)n3C)cc1)c1ccccc1. The number of aliphatic hydroxyl groups excluding tert-OH is 1. The van der Waals surface area contributed by atoms with Gasteiger partial charge in [0, 0.05) is 26.7 Å². The Bertz CT molecular complexity index is 1240. The van der Waals surface area contributed by atoms with E-state index in [-0.39, 0.29) is 18.3 Å². The van der Waals surface area contributed by atoms with Gasteiger partial charge in [-0.25, -0.2) is 4.79 Å². The maximum absolute atomic E-state index is 12.1. The highest BCUT2D eigenvalue weighted by atomic mass is 16.5. The Balaban J connectivity index is 1.33. The van der Waals surface area contributed by atoms with E-state index in [2.05, 4.69) is 24.4 Å². The molecule has 166 valence electrons. The number of rotatable bonds is 8. The second-order valence-electron chi connectivity index (χ2n) is 8.13. The molecule has 0 amide bonds. The fraction of sp³-hybridized carbons (Fsp3) is 0.269. The summed E-state index contributed by atoms with van der Waals surface area (Å²) in [4.78, 5) is 12.1. The van der Waals surface area contributed by atoms with Gasteiger partial charge in [0.15, 0.2) is 0 Å².